The van der Waals surface area contributed by atoms with Crippen LogP contribution in [0.3, 0.4) is 0 Å². The number of rotatable bonds is 4. The summed E-state index contributed by atoms with van der Waals surface area (Å²) >= 11 is 7.19. The fourth-order valence-electron chi connectivity index (χ4n) is 2.72. The summed E-state index contributed by atoms with van der Waals surface area (Å²) in [7, 11) is 0. The number of hydrogen-bond donors (Lipinski definition) is 0. The SMILES string of the molecule is Fc1ccccc1-c1nnc2ccc(Sc3nnc(-c4cccc(Cl)c4)o3)nn12. The molecule has 3 aromatic heterocycles. The van der Waals surface area contributed by atoms with Gasteiger partial charge < -0.3 is 4.42 Å². The van der Waals surface area contributed by atoms with Gasteiger partial charge in [-0.3, -0.25) is 0 Å². The van der Waals surface area contributed by atoms with Crippen molar-refractivity contribution in [3.8, 4) is 22.8 Å². The smallest absolute Gasteiger partial charge is 0.283 e. The fraction of sp³-hybridized carbons (Fsp3) is 0. The van der Waals surface area contributed by atoms with Crippen LogP contribution in [0, 0.1) is 5.82 Å². The monoisotopic (exact) mass is 424 g/mol. The summed E-state index contributed by atoms with van der Waals surface area (Å²) in [5.41, 5.74) is 1.54. The van der Waals surface area contributed by atoms with Gasteiger partial charge in [-0.1, -0.05) is 29.8 Å². The summed E-state index contributed by atoms with van der Waals surface area (Å²) in [6.07, 6.45) is 0. The van der Waals surface area contributed by atoms with Crippen molar-refractivity contribution in [2.24, 2.45) is 0 Å². The quantitative estimate of drug-likeness (QED) is 0.410. The molecule has 0 fully saturated rings. The van der Waals surface area contributed by atoms with Crippen molar-refractivity contribution < 1.29 is 8.81 Å². The number of hydrogen-bond acceptors (Lipinski definition) is 7. The number of nitrogens with zero attached hydrogens (tertiary/aromatic N) is 6. The Morgan fingerprint density at radius 2 is 1.83 bits per heavy atom. The highest BCUT2D eigenvalue weighted by molar-refractivity contribution is 7.99. The minimum absolute atomic E-state index is 0.311. The molecule has 0 spiro atoms. The Balaban J connectivity index is 1.47. The van der Waals surface area contributed by atoms with Crippen LogP contribution in [0.25, 0.3) is 28.5 Å². The first-order valence-corrected chi connectivity index (χ1v) is 9.61. The lowest BCUT2D eigenvalue weighted by Gasteiger charge is -2.02. The first-order chi connectivity index (χ1) is 14.2. The van der Waals surface area contributed by atoms with E-state index in [1.807, 2.05) is 6.07 Å². The van der Waals surface area contributed by atoms with E-state index in [1.54, 1.807) is 48.5 Å². The molecule has 7 nitrogen and oxygen atoms in total. The van der Waals surface area contributed by atoms with Crippen LogP contribution in [0.4, 0.5) is 4.39 Å². The zero-order valence-electron chi connectivity index (χ0n) is 14.5. The summed E-state index contributed by atoms with van der Waals surface area (Å²) in [5.74, 6) is 0.267. The lowest BCUT2D eigenvalue weighted by Crippen LogP contribution is -1.97. The van der Waals surface area contributed by atoms with Gasteiger partial charge in [0.15, 0.2) is 11.5 Å². The molecule has 0 aliphatic heterocycles. The number of halogens is 2. The van der Waals surface area contributed by atoms with E-state index >= 15 is 0 Å². The van der Waals surface area contributed by atoms with Crippen LogP contribution in [0.15, 0.2) is 75.3 Å². The Bertz CT molecular complexity index is 1340. The van der Waals surface area contributed by atoms with E-state index in [2.05, 4.69) is 25.5 Å². The second kappa shape index (κ2) is 7.26. The predicted molar refractivity (Wildman–Crippen MR) is 105 cm³/mol. The fourth-order valence-corrected chi connectivity index (χ4v) is 3.55. The van der Waals surface area contributed by atoms with Crippen LogP contribution in [0.1, 0.15) is 0 Å². The highest BCUT2D eigenvalue weighted by Crippen LogP contribution is 2.29. The Hall–Kier alpha value is -3.30. The molecule has 142 valence electrons. The van der Waals surface area contributed by atoms with Crippen molar-refractivity contribution in [3.63, 3.8) is 0 Å². The Labute approximate surface area is 172 Å². The minimum atomic E-state index is -0.398. The van der Waals surface area contributed by atoms with Gasteiger partial charge in [0.2, 0.25) is 5.89 Å². The number of fused-ring (bicyclic) bond motifs is 1. The maximum atomic E-state index is 14.2. The molecule has 3 heterocycles. The van der Waals surface area contributed by atoms with E-state index in [0.717, 1.165) is 5.56 Å². The molecule has 0 amide bonds. The van der Waals surface area contributed by atoms with Crippen molar-refractivity contribution in [3.05, 3.63) is 71.5 Å². The highest BCUT2D eigenvalue weighted by Gasteiger charge is 2.15. The third kappa shape index (κ3) is 3.45. The molecule has 0 atom stereocenters. The second-order valence-electron chi connectivity index (χ2n) is 5.93. The molecule has 0 saturated heterocycles. The van der Waals surface area contributed by atoms with Gasteiger partial charge >= 0.3 is 0 Å². The molecule has 0 N–H and O–H groups in total. The summed E-state index contributed by atoms with van der Waals surface area (Å²) in [6, 6.07) is 17.0. The van der Waals surface area contributed by atoms with E-state index in [-0.39, 0.29) is 0 Å². The van der Waals surface area contributed by atoms with Crippen molar-refractivity contribution in [1.82, 2.24) is 30.0 Å². The molecule has 0 unspecified atom stereocenters. The van der Waals surface area contributed by atoms with Crippen LogP contribution in [0.2, 0.25) is 5.02 Å². The Kier molecular flexibility index (Phi) is 4.45. The van der Waals surface area contributed by atoms with Crippen LogP contribution < -0.4 is 0 Å². The van der Waals surface area contributed by atoms with Crippen molar-refractivity contribution >= 4 is 29.0 Å². The van der Waals surface area contributed by atoms with Crippen molar-refractivity contribution in [2.75, 3.05) is 0 Å². The van der Waals surface area contributed by atoms with Crippen molar-refractivity contribution in [1.29, 1.82) is 0 Å². The average Bonchev–Trinajstić information content (AvgIpc) is 3.35. The second-order valence-corrected chi connectivity index (χ2v) is 7.34. The molecule has 0 aliphatic carbocycles. The van der Waals surface area contributed by atoms with Gasteiger partial charge in [0.05, 0.1) is 5.56 Å². The van der Waals surface area contributed by atoms with Gasteiger partial charge in [-0.2, -0.15) is 9.61 Å². The van der Waals surface area contributed by atoms with E-state index in [4.69, 9.17) is 16.0 Å². The summed E-state index contributed by atoms with van der Waals surface area (Å²) in [5, 5.41) is 22.1. The van der Waals surface area contributed by atoms with Crippen LogP contribution >= 0.6 is 23.4 Å². The van der Waals surface area contributed by atoms with Crippen LogP contribution in [-0.4, -0.2) is 30.0 Å². The molecule has 2 aromatic carbocycles. The van der Waals surface area contributed by atoms with E-state index in [0.29, 0.717) is 38.2 Å². The molecule has 0 saturated carbocycles. The zero-order valence-corrected chi connectivity index (χ0v) is 16.1. The summed E-state index contributed by atoms with van der Waals surface area (Å²) in [4.78, 5) is 0. The first kappa shape index (κ1) is 17.8. The van der Waals surface area contributed by atoms with Crippen LogP contribution in [0.5, 0.6) is 0 Å². The largest absolute Gasteiger partial charge is 0.411 e. The predicted octanol–water partition coefficient (Wildman–Crippen LogP) is 4.79. The molecule has 5 rings (SSSR count). The zero-order chi connectivity index (χ0) is 19.8. The standard InChI is InChI=1S/C19H10ClFN6OS/c20-12-5-3-4-11(10-12)18-24-25-19(28-18)29-16-9-8-15-22-23-17(27(15)26-16)13-6-1-2-7-14(13)21/h1-10H. The molecular formula is C19H10ClFN6OS. The van der Waals surface area contributed by atoms with E-state index < -0.39 is 5.82 Å². The maximum absolute atomic E-state index is 14.2. The summed E-state index contributed by atoms with van der Waals surface area (Å²) in [6.45, 7) is 0. The average molecular weight is 425 g/mol. The molecule has 10 heteroatoms. The van der Waals surface area contributed by atoms with Gasteiger partial charge in [-0.05, 0) is 54.2 Å². The van der Waals surface area contributed by atoms with E-state index in [9.17, 15) is 4.39 Å². The molecule has 0 aliphatic rings. The molecular weight excluding hydrogens is 415 g/mol. The minimum Gasteiger partial charge on any atom is -0.411 e. The molecule has 29 heavy (non-hydrogen) atoms. The molecule has 0 bridgehead atoms. The van der Waals surface area contributed by atoms with Crippen molar-refractivity contribution in [2.45, 2.75) is 10.2 Å². The van der Waals surface area contributed by atoms with Gasteiger partial charge in [-0.15, -0.1) is 20.4 Å². The lowest BCUT2D eigenvalue weighted by molar-refractivity contribution is 0.465. The normalized spacial score (nSPS) is 11.2. The van der Waals surface area contributed by atoms with Gasteiger partial charge in [-0.25, -0.2) is 4.39 Å². The Morgan fingerprint density at radius 1 is 0.931 bits per heavy atom. The van der Waals surface area contributed by atoms with Gasteiger partial charge in [0.25, 0.3) is 5.22 Å². The van der Waals surface area contributed by atoms with E-state index in [1.165, 1.54) is 22.3 Å². The molecule has 5 aromatic rings. The van der Waals surface area contributed by atoms with Crippen LogP contribution in [-0.2, 0) is 0 Å². The third-order valence-electron chi connectivity index (χ3n) is 4.02. The summed E-state index contributed by atoms with van der Waals surface area (Å²) < 4.78 is 21.3. The Morgan fingerprint density at radius 3 is 2.69 bits per heavy atom. The first-order valence-electron chi connectivity index (χ1n) is 8.42. The maximum Gasteiger partial charge on any atom is 0.283 e. The number of aromatic nitrogens is 6. The highest BCUT2D eigenvalue weighted by atomic mass is 35.5. The molecule has 0 radical (unpaired) electrons. The number of benzene rings is 2. The third-order valence-corrected chi connectivity index (χ3v) is 5.02. The topological polar surface area (TPSA) is 82.0 Å². The van der Waals surface area contributed by atoms with Gasteiger partial charge in [0.1, 0.15) is 10.8 Å². The lowest BCUT2D eigenvalue weighted by atomic mass is 10.2. The van der Waals surface area contributed by atoms with Gasteiger partial charge in [0, 0.05) is 10.6 Å².